The molecule has 0 saturated carbocycles. The summed E-state index contributed by atoms with van der Waals surface area (Å²) < 4.78 is 7.45. The summed E-state index contributed by atoms with van der Waals surface area (Å²) in [6, 6.07) is 0. The Labute approximate surface area is 145 Å². The minimum Gasteiger partial charge on any atom is -0.374 e. The number of thiazole rings is 1. The highest BCUT2D eigenvalue weighted by Crippen LogP contribution is 2.27. The minimum atomic E-state index is -0.0858. The van der Waals surface area contributed by atoms with E-state index in [1.807, 2.05) is 20.2 Å². The molecular weight excluding hydrogens is 326 g/mol. The van der Waals surface area contributed by atoms with Crippen LogP contribution in [-0.4, -0.2) is 64.5 Å². The van der Waals surface area contributed by atoms with Gasteiger partial charge in [-0.05, 0) is 13.5 Å². The number of aryl methyl sites for hydroxylation is 2. The van der Waals surface area contributed by atoms with Gasteiger partial charge in [0.05, 0.1) is 24.6 Å². The molecular formula is C16H23N5O2S. The number of aromatic nitrogens is 3. The van der Waals surface area contributed by atoms with Gasteiger partial charge in [-0.3, -0.25) is 14.4 Å². The average Bonchev–Trinajstić information content (AvgIpc) is 3.18. The number of carbonyl (C=O) groups is 1. The third kappa shape index (κ3) is 3.82. The van der Waals surface area contributed by atoms with Crippen LogP contribution >= 0.6 is 11.3 Å². The molecule has 1 atom stereocenters. The lowest BCUT2D eigenvalue weighted by molar-refractivity contribution is -0.0245. The van der Waals surface area contributed by atoms with Gasteiger partial charge in [-0.15, -0.1) is 11.3 Å². The first-order valence-electron chi connectivity index (χ1n) is 8.15. The van der Waals surface area contributed by atoms with Crippen molar-refractivity contribution in [3.05, 3.63) is 23.0 Å². The van der Waals surface area contributed by atoms with E-state index in [4.69, 9.17) is 4.74 Å². The molecule has 1 aliphatic heterocycles. The molecule has 1 unspecified atom stereocenters. The van der Waals surface area contributed by atoms with Crippen molar-refractivity contribution in [1.82, 2.24) is 25.0 Å². The third-order valence-electron chi connectivity index (χ3n) is 4.12. The van der Waals surface area contributed by atoms with Crippen molar-refractivity contribution >= 4 is 17.2 Å². The van der Waals surface area contributed by atoms with Gasteiger partial charge in [-0.25, -0.2) is 4.98 Å². The van der Waals surface area contributed by atoms with E-state index in [-0.39, 0.29) is 12.0 Å². The fourth-order valence-corrected chi connectivity index (χ4v) is 3.70. The van der Waals surface area contributed by atoms with E-state index in [0.717, 1.165) is 42.5 Å². The second-order valence-electron chi connectivity index (χ2n) is 5.93. The molecule has 2 aromatic rings. The zero-order chi connectivity index (χ0) is 17.1. The van der Waals surface area contributed by atoms with E-state index in [2.05, 4.69) is 27.2 Å². The largest absolute Gasteiger partial charge is 0.374 e. The molecule has 0 aromatic carbocycles. The Morgan fingerprint density at radius 2 is 2.38 bits per heavy atom. The Kier molecular flexibility index (Phi) is 5.27. The maximum atomic E-state index is 12.5. The molecule has 2 aromatic heterocycles. The second kappa shape index (κ2) is 7.42. The molecule has 0 radical (unpaired) electrons. The van der Waals surface area contributed by atoms with Crippen LogP contribution in [0.2, 0.25) is 0 Å². The summed E-state index contributed by atoms with van der Waals surface area (Å²) in [5, 5.41) is 7.95. The van der Waals surface area contributed by atoms with Crippen LogP contribution in [-0.2, 0) is 11.8 Å². The standard InChI is InChI=1S/C16H23N5O2S/c1-4-21-5-6-23-13(10-21)8-17-15(22)14-11(2)19-16(24-14)12-7-18-20(3)9-12/h7,9,13H,4-6,8,10H2,1-3H3,(H,17,22). The summed E-state index contributed by atoms with van der Waals surface area (Å²) in [7, 11) is 1.86. The summed E-state index contributed by atoms with van der Waals surface area (Å²) >= 11 is 1.40. The van der Waals surface area contributed by atoms with Crippen molar-refractivity contribution in [3.63, 3.8) is 0 Å². The van der Waals surface area contributed by atoms with Gasteiger partial charge >= 0.3 is 0 Å². The lowest BCUT2D eigenvalue weighted by atomic mass is 10.2. The molecule has 0 bridgehead atoms. The number of rotatable bonds is 5. The molecule has 8 heteroatoms. The summed E-state index contributed by atoms with van der Waals surface area (Å²) in [5.74, 6) is -0.0858. The number of nitrogens with one attached hydrogen (secondary N) is 1. The van der Waals surface area contributed by atoms with Gasteiger partial charge in [0.1, 0.15) is 9.88 Å². The Morgan fingerprint density at radius 1 is 1.54 bits per heavy atom. The van der Waals surface area contributed by atoms with Gasteiger partial charge in [0.2, 0.25) is 0 Å². The van der Waals surface area contributed by atoms with Crippen molar-refractivity contribution in [1.29, 1.82) is 0 Å². The number of morpholine rings is 1. The van der Waals surface area contributed by atoms with Gasteiger partial charge in [0, 0.05) is 38.4 Å². The SMILES string of the molecule is CCN1CCOC(CNC(=O)c2sc(-c3cnn(C)c3)nc2C)C1. The molecule has 1 amide bonds. The van der Waals surface area contributed by atoms with Crippen LogP contribution in [0.4, 0.5) is 0 Å². The van der Waals surface area contributed by atoms with Gasteiger partial charge < -0.3 is 10.1 Å². The molecule has 1 saturated heterocycles. The Hall–Kier alpha value is -1.77. The van der Waals surface area contributed by atoms with Crippen molar-refractivity contribution in [2.45, 2.75) is 20.0 Å². The van der Waals surface area contributed by atoms with Crippen molar-refractivity contribution in [3.8, 4) is 10.6 Å². The van der Waals surface area contributed by atoms with Crippen LogP contribution in [0.1, 0.15) is 22.3 Å². The van der Waals surface area contributed by atoms with Crippen LogP contribution in [0.15, 0.2) is 12.4 Å². The lowest BCUT2D eigenvalue weighted by Gasteiger charge is -2.32. The highest BCUT2D eigenvalue weighted by atomic mass is 32.1. The first-order chi connectivity index (χ1) is 11.6. The van der Waals surface area contributed by atoms with E-state index in [0.29, 0.717) is 11.4 Å². The predicted octanol–water partition coefficient (Wildman–Crippen LogP) is 1.30. The summed E-state index contributed by atoms with van der Waals surface area (Å²) in [4.78, 5) is 20.0. The Balaban J connectivity index is 1.62. The maximum Gasteiger partial charge on any atom is 0.263 e. The van der Waals surface area contributed by atoms with Crippen molar-refractivity contribution in [2.24, 2.45) is 7.05 Å². The fourth-order valence-electron chi connectivity index (χ4n) is 2.74. The summed E-state index contributed by atoms with van der Waals surface area (Å²) in [6.07, 6.45) is 3.71. The highest BCUT2D eigenvalue weighted by molar-refractivity contribution is 7.17. The highest BCUT2D eigenvalue weighted by Gasteiger charge is 2.22. The zero-order valence-electron chi connectivity index (χ0n) is 14.3. The molecule has 0 aliphatic carbocycles. The smallest absolute Gasteiger partial charge is 0.263 e. The maximum absolute atomic E-state index is 12.5. The Morgan fingerprint density at radius 3 is 3.08 bits per heavy atom. The van der Waals surface area contributed by atoms with Crippen LogP contribution < -0.4 is 5.32 Å². The molecule has 7 nitrogen and oxygen atoms in total. The zero-order valence-corrected chi connectivity index (χ0v) is 15.1. The van der Waals surface area contributed by atoms with E-state index in [9.17, 15) is 4.79 Å². The van der Waals surface area contributed by atoms with E-state index < -0.39 is 0 Å². The second-order valence-corrected chi connectivity index (χ2v) is 6.93. The summed E-state index contributed by atoms with van der Waals surface area (Å²) in [5.41, 5.74) is 1.68. The van der Waals surface area contributed by atoms with Gasteiger partial charge in [-0.1, -0.05) is 6.92 Å². The molecule has 0 spiro atoms. The number of ether oxygens (including phenoxy) is 1. The first-order valence-corrected chi connectivity index (χ1v) is 8.97. The van der Waals surface area contributed by atoms with Crippen LogP contribution in [0, 0.1) is 6.92 Å². The van der Waals surface area contributed by atoms with Gasteiger partial charge in [0.15, 0.2) is 0 Å². The number of hydrogen-bond donors (Lipinski definition) is 1. The van der Waals surface area contributed by atoms with Crippen LogP contribution in [0.25, 0.3) is 10.6 Å². The first kappa shape index (κ1) is 17.1. The summed E-state index contributed by atoms with van der Waals surface area (Å²) in [6.45, 7) is 8.08. The quantitative estimate of drug-likeness (QED) is 0.881. The van der Waals surface area contributed by atoms with E-state index >= 15 is 0 Å². The minimum absolute atomic E-state index is 0.0497. The lowest BCUT2D eigenvalue weighted by Crippen LogP contribution is -2.47. The molecule has 3 heterocycles. The molecule has 1 N–H and O–H groups in total. The Bertz CT molecular complexity index is 711. The van der Waals surface area contributed by atoms with Crippen LogP contribution in [0.3, 0.4) is 0 Å². The predicted molar refractivity (Wildman–Crippen MR) is 93.2 cm³/mol. The topological polar surface area (TPSA) is 72.3 Å². The van der Waals surface area contributed by atoms with Crippen molar-refractivity contribution < 1.29 is 9.53 Å². The monoisotopic (exact) mass is 349 g/mol. The third-order valence-corrected chi connectivity index (χ3v) is 5.32. The fraction of sp³-hybridized carbons (Fsp3) is 0.562. The van der Waals surface area contributed by atoms with Crippen LogP contribution in [0.5, 0.6) is 0 Å². The number of carbonyl (C=O) groups excluding carboxylic acids is 1. The normalized spacial score (nSPS) is 18.7. The molecule has 24 heavy (non-hydrogen) atoms. The van der Waals surface area contributed by atoms with E-state index in [1.54, 1.807) is 10.9 Å². The number of amides is 1. The molecule has 3 rings (SSSR count). The number of nitrogens with zero attached hydrogens (tertiary/aromatic N) is 4. The molecule has 1 aliphatic rings. The molecule has 1 fully saturated rings. The molecule has 130 valence electrons. The average molecular weight is 349 g/mol. The van der Waals surface area contributed by atoms with Gasteiger partial charge in [0.25, 0.3) is 5.91 Å². The van der Waals surface area contributed by atoms with Gasteiger partial charge in [-0.2, -0.15) is 5.10 Å². The van der Waals surface area contributed by atoms with E-state index in [1.165, 1.54) is 11.3 Å². The number of hydrogen-bond acceptors (Lipinski definition) is 6. The number of likely N-dealkylation sites (N-methyl/N-ethyl adjacent to an activating group) is 1. The van der Waals surface area contributed by atoms with Crippen molar-refractivity contribution in [2.75, 3.05) is 32.8 Å².